The summed E-state index contributed by atoms with van der Waals surface area (Å²) in [6.07, 6.45) is 0. The Kier molecular flexibility index (Phi) is 44.8. The Balaban J connectivity index is -0.0000000267. The zero-order chi connectivity index (χ0) is 4.28. The third-order valence-electron chi connectivity index (χ3n) is 0.408. The predicted octanol–water partition coefficient (Wildman–Crippen LogP) is 2.49. The summed E-state index contributed by atoms with van der Waals surface area (Å²) >= 11 is 1.66. The number of hydrogen-bond donors (Lipinski definition) is 0. The molecule has 0 aliphatic carbocycles. The minimum atomic E-state index is 0. The van der Waals surface area contributed by atoms with E-state index in [1.54, 1.807) is 22.5 Å². The van der Waals surface area contributed by atoms with Gasteiger partial charge >= 0.3 is 46.7 Å². The van der Waals surface area contributed by atoms with Gasteiger partial charge in [0, 0.05) is 0 Å². The molecule has 0 fully saturated rings. The third kappa shape index (κ3) is 25.3. The topological polar surface area (TPSA) is 0 Å². The Hall–Kier alpha value is 1.67. The second-order valence-electron chi connectivity index (χ2n) is 1.60. The quantitative estimate of drug-likeness (QED) is 0.649. The van der Waals surface area contributed by atoms with Crippen molar-refractivity contribution in [3.05, 3.63) is 0 Å². The molecule has 53 valence electrons. The fraction of sp³-hybridized carbons (Fsp3) is 1.00. The molecule has 0 aliphatic heterocycles. The summed E-state index contributed by atoms with van der Waals surface area (Å²) in [6, 6.07) is 0. The van der Waals surface area contributed by atoms with Crippen molar-refractivity contribution in [3.8, 4) is 0 Å². The molecule has 0 aromatic rings. The van der Waals surface area contributed by atoms with Crippen molar-refractivity contribution in [1.82, 2.24) is 0 Å². The van der Waals surface area contributed by atoms with Gasteiger partial charge in [-0.2, -0.15) is 0 Å². The largest absolute Gasteiger partial charge is 0.147 e. The van der Waals surface area contributed by atoms with Gasteiger partial charge in [0.1, 0.15) is 0 Å². The van der Waals surface area contributed by atoms with E-state index in [9.17, 15) is 0 Å². The molecule has 0 spiro atoms. The summed E-state index contributed by atoms with van der Waals surface area (Å²) in [6.45, 7) is 4.49. The summed E-state index contributed by atoms with van der Waals surface area (Å²) in [5.74, 6) is 0.924. The zero-order valence-corrected chi connectivity index (χ0v) is 10.3. The Labute approximate surface area is 83.5 Å². The van der Waals surface area contributed by atoms with E-state index in [0.29, 0.717) is 0 Å². The van der Waals surface area contributed by atoms with Crippen LogP contribution in [0.3, 0.4) is 0 Å². The molecule has 0 nitrogen and oxygen atoms in total. The van der Waals surface area contributed by atoms with E-state index in [1.807, 2.05) is 0 Å². The van der Waals surface area contributed by atoms with Crippen LogP contribution in [0.25, 0.3) is 0 Å². The normalized spacial score (nSPS) is 6.00. The molecule has 0 saturated carbocycles. The zero-order valence-electron chi connectivity index (χ0n) is 5.01. The van der Waals surface area contributed by atoms with Gasteiger partial charge in [0.25, 0.3) is 0 Å². The minimum absolute atomic E-state index is 0. The second kappa shape index (κ2) is 15.9. The van der Waals surface area contributed by atoms with Crippen LogP contribution in [0.15, 0.2) is 0 Å². The molecule has 0 amide bonds. The Bertz CT molecular complexity index is 25.2. The summed E-state index contributed by atoms with van der Waals surface area (Å²) < 4.78 is 1.40. The van der Waals surface area contributed by atoms with Gasteiger partial charge in [-0.15, -0.1) is 37.2 Å². The van der Waals surface area contributed by atoms with Gasteiger partial charge in [0.15, 0.2) is 0 Å². The first kappa shape index (κ1) is 22.6. The van der Waals surface area contributed by atoms with E-state index >= 15 is 0 Å². The van der Waals surface area contributed by atoms with Crippen LogP contribution in [0.1, 0.15) is 13.8 Å². The molecule has 0 unspecified atom stereocenters. The van der Waals surface area contributed by atoms with Crippen LogP contribution in [-0.2, 0) is 0 Å². The van der Waals surface area contributed by atoms with E-state index in [2.05, 4.69) is 13.8 Å². The maximum atomic E-state index is 2.24. The maximum Gasteiger partial charge on any atom is -0.147 e. The van der Waals surface area contributed by atoms with Crippen molar-refractivity contribution in [2.75, 3.05) is 0 Å². The molecule has 3 radical (unpaired) electrons. The molecule has 8 heavy (non-hydrogen) atoms. The third-order valence-corrected chi connectivity index (χ3v) is 2.74. The van der Waals surface area contributed by atoms with E-state index in [-0.39, 0.29) is 37.2 Å². The molecular weight excluding hydrogens is 273 g/mol. The summed E-state index contributed by atoms with van der Waals surface area (Å²) in [4.78, 5) is 0. The first-order valence-electron chi connectivity index (χ1n) is 1.92. The van der Waals surface area contributed by atoms with Crippen molar-refractivity contribution in [1.29, 1.82) is 0 Å². The van der Waals surface area contributed by atoms with E-state index in [4.69, 9.17) is 0 Å². The molecule has 0 aliphatic rings. The van der Waals surface area contributed by atoms with Gasteiger partial charge in [0.05, 0.1) is 0 Å². The van der Waals surface area contributed by atoms with Crippen molar-refractivity contribution >= 4 is 59.7 Å². The standard InChI is InChI=1S/C4H9.3ClH.Sn/c1-4(2)3;;;;/h4H,1H2,2-3H3;3*1H;. The molecule has 0 aromatic carbocycles. The van der Waals surface area contributed by atoms with Crippen LogP contribution < -0.4 is 0 Å². The Morgan fingerprint density at radius 2 is 1.25 bits per heavy atom. The van der Waals surface area contributed by atoms with Crippen molar-refractivity contribution in [2.45, 2.75) is 18.3 Å². The predicted molar refractivity (Wildman–Crippen MR) is 47.1 cm³/mol. The molecular formula is C4H12Cl3Sn. The molecule has 0 rings (SSSR count). The fourth-order valence-corrected chi connectivity index (χ4v) is 0. The smallest absolute Gasteiger partial charge is 0.147 e. The number of hydrogen-bond acceptors (Lipinski definition) is 0. The van der Waals surface area contributed by atoms with Crippen molar-refractivity contribution in [3.63, 3.8) is 0 Å². The maximum absolute atomic E-state index is 2.24. The average molecular weight is 285 g/mol. The number of rotatable bonds is 1. The van der Waals surface area contributed by atoms with Crippen LogP contribution in [0.5, 0.6) is 0 Å². The molecule has 0 bridgehead atoms. The minimum Gasteiger partial charge on any atom is -0.147 e. The van der Waals surface area contributed by atoms with E-state index < -0.39 is 0 Å². The van der Waals surface area contributed by atoms with Gasteiger partial charge in [-0.1, -0.05) is 0 Å². The van der Waals surface area contributed by atoms with Crippen LogP contribution in [0.2, 0.25) is 4.44 Å². The van der Waals surface area contributed by atoms with Gasteiger partial charge in [-0.3, -0.25) is 0 Å². The van der Waals surface area contributed by atoms with Gasteiger partial charge in [0.2, 0.25) is 0 Å². The Morgan fingerprint density at radius 3 is 1.25 bits per heavy atom. The van der Waals surface area contributed by atoms with Crippen LogP contribution in [-0.4, -0.2) is 22.5 Å². The molecule has 0 N–H and O–H groups in total. The van der Waals surface area contributed by atoms with Gasteiger partial charge < -0.3 is 0 Å². The molecule has 4 heteroatoms. The van der Waals surface area contributed by atoms with Crippen LogP contribution >= 0.6 is 37.2 Å². The van der Waals surface area contributed by atoms with E-state index in [0.717, 1.165) is 5.92 Å². The van der Waals surface area contributed by atoms with Crippen molar-refractivity contribution < 1.29 is 0 Å². The first-order valence-corrected chi connectivity index (χ1v) is 3.93. The van der Waals surface area contributed by atoms with Gasteiger partial charge in [-0.25, -0.2) is 0 Å². The Morgan fingerprint density at radius 1 is 1.12 bits per heavy atom. The second-order valence-corrected chi connectivity index (χ2v) is 2.76. The fourth-order valence-electron chi connectivity index (χ4n) is 0. The van der Waals surface area contributed by atoms with Crippen LogP contribution in [0, 0.1) is 5.92 Å². The summed E-state index contributed by atoms with van der Waals surface area (Å²) in [5.41, 5.74) is 0. The molecule has 0 heterocycles. The van der Waals surface area contributed by atoms with Crippen molar-refractivity contribution in [2.24, 2.45) is 5.92 Å². The van der Waals surface area contributed by atoms with E-state index in [1.165, 1.54) is 4.44 Å². The monoisotopic (exact) mass is 285 g/mol. The summed E-state index contributed by atoms with van der Waals surface area (Å²) in [5, 5.41) is 0. The molecule has 0 aromatic heterocycles. The SMILES string of the molecule is CC(C)[CH2][Sn].Cl.Cl.Cl. The van der Waals surface area contributed by atoms with Crippen LogP contribution in [0.4, 0.5) is 0 Å². The summed E-state index contributed by atoms with van der Waals surface area (Å²) in [7, 11) is 0. The van der Waals surface area contributed by atoms with Gasteiger partial charge in [-0.05, 0) is 0 Å². The molecule has 0 saturated heterocycles. The molecule has 0 atom stereocenters. The first-order chi connectivity index (χ1) is 2.27. The number of halogens is 3. The average Bonchev–Trinajstić information content (AvgIpc) is 1.38.